The molecule has 0 fully saturated rings. The number of aryl methyl sites for hydroxylation is 2. The molecule has 1 aliphatic rings. The number of rotatable bonds is 2. The van der Waals surface area contributed by atoms with E-state index in [1.54, 1.807) is 0 Å². The maximum absolute atomic E-state index is 5.91. The second-order valence-electron chi connectivity index (χ2n) is 5.53. The zero-order chi connectivity index (χ0) is 15.0. The lowest BCUT2D eigenvalue weighted by Gasteiger charge is -2.23. The summed E-state index contributed by atoms with van der Waals surface area (Å²) in [5, 5.41) is 4.49. The fraction of sp³-hybridized carbons (Fsp3) is 0.375. The molecule has 5 heteroatoms. The smallest absolute Gasteiger partial charge is 0.137 e. The van der Waals surface area contributed by atoms with Gasteiger partial charge in [-0.3, -0.25) is 4.68 Å². The Bertz CT molecular complexity index is 663. The second-order valence-corrected chi connectivity index (χ2v) is 5.97. The first-order valence-electron chi connectivity index (χ1n) is 7.23. The molecule has 1 aromatic carbocycles. The zero-order valence-corrected chi connectivity index (χ0v) is 13.3. The topological polar surface area (TPSA) is 47.1 Å². The standard InChI is InChI=1S/C16H20N4S/c1-11-14(15(17)21)16(19(2)18-11)20-9-7-12-5-3-4-6-13(12)8-10-20/h3-6H,7-10H2,1-2H3,(H2,17,21). The molecule has 4 nitrogen and oxygen atoms in total. The summed E-state index contributed by atoms with van der Waals surface area (Å²) < 4.78 is 1.90. The highest BCUT2D eigenvalue weighted by molar-refractivity contribution is 7.80. The number of hydrogen-bond donors (Lipinski definition) is 1. The minimum Gasteiger partial charge on any atom is -0.389 e. The third kappa shape index (κ3) is 2.53. The fourth-order valence-corrected chi connectivity index (χ4v) is 3.42. The molecular formula is C16H20N4S. The lowest BCUT2D eigenvalue weighted by molar-refractivity contribution is 0.700. The highest BCUT2D eigenvalue weighted by Gasteiger charge is 2.23. The summed E-state index contributed by atoms with van der Waals surface area (Å²) in [6.45, 7) is 3.89. The van der Waals surface area contributed by atoms with E-state index >= 15 is 0 Å². The molecule has 0 bridgehead atoms. The van der Waals surface area contributed by atoms with Gasteiger partial charge in [-0.05, 0) is 30.9 Å². The van der Waals surface area contributed by atoms with Gasteiger partial charge in [0.25, 0.3) is 0 Å². The van der Waals surface area contributed by atoms with Gasteiger partial charge in [-0.15, -0.1) is 0 Å². The molecular weight excluding hydrogens is 280 g/mol. The average molecular weight is 300 g/mol. The first kappa shape index (κ1) is 14.1. The summed E-state index contributed by atoms with van der Waals surface area (Å²) in [5.41, 5.74) is 10.6. The Hall–Kier alpha value is -1.88. The molecule has 0 saturated carbocycles. The van der Waals surface area contributed by atoms with Crippen molar-refractivity contribution in [3.8, 4) is 0 Å². The van der Waals surface area contributed by atoms with Crippen molar-refractivity contribution in [1.82, 2.24) is 9.78 Å². The van der Waals surface area contributed by atoms with Crippen LogP contribution in [0.25, 0.3) is 0 Å². The van der Waals surface area contributed by atoms with Gasteiger partial charge in [-0.1, -0.05) is 36.5 Å². The van der Waals surface area contributed by atoms with Gasteiger partial charge in [0.1, 0.15) is 10.8 Å². The van der Waals surface area contributed by atoms with Gasteiger partial charge in [0.2, 0.25) is 0 Å². The quantitative estimate of drug-likeness (QED) is 0.862. The average Bonchev–Trinajstić information content (AvgIpc) is 2.63. The van der Waals surface area contributed by atoms with Gasteiger partial charge in [0, 0.05) is 20.1 Å². The minimum atomic E-state index is 0.428. The molecule has 0 amide bonds. The predicted molar refractivity (Wildman–Crippen MR) is 89.9 cm³/mol. The van der Waals surface area contributed by atoms with E-state index in [-0.39, 0.29) is 0 Å². The van der Waals surface area contributed by atoms with Crippen LogP contribution < -0.4 is 10.6 Å². The maximum atomic E-state index is 5.91. The van der Waals surface area contributed by atoms with Crippen molar-refractivity contribution < 1.29 is 0 Å². The van der Waals surface area contributed by atoms with Crippen LogP contribution in [0.5, 0.6) is 0 Å². The van der Waals surface area contributed by atoms with Crippen molar-refractivity contribution in [2.24, 2.45) is 12.8 Å². The van der Waals surface area contributed by atoms with E-state index in [4.69, 9.17) is 18.0 Å². The summed E-state index contributed by atoms with van der Waals surface area (Å²) in [4.78, 5) is 2.78. The van der Waals surface area contributed by atoms with Crippen LogP contribution in [0, 0.1) is 6.92 Å². The van der Waals surface area contributed by atoms with Crippen LogP contribution in [0.4, 0.5) is 5.82 Å². The molecule has 0 spiro atoms. The Balaban J connectivity index is 1.95. The summed E-state index contributed by atoms with van der Waals surface area (Å²) in [7, 11) is 1.96. The van der Waals surface area contributed by atoms with E-state index in [0.29, 0.717) is 4.99 Å². The SMILES string of the molecule is Cc1nn(C)c(N2CCc3ccccc3CC2)c1C(N)=S. The Kier molecular flexibility index (Phi) is 3.68. The van der Waals surface area contributed by atoms with Crippen molar-refractivity contribution in [1.29, 1.82) is 0 Å². The number of benzene rings is 1. The molecule has 3 rings (SSSR count). The van der Waals surface area contributed by atoms with Crippen LogP contribution in [-0.4, -0.2) is 27.9 Å². The monoisotopic (exact) mass is 300 g/mol. The molecule has 1 aromatic heterocycles. The fourth-order valence-electron chi connectivity index (χ4n) is 3.18. The van der Waals surface area contributed by atoms with Gasteiger partial charge in [-0.25, -0.2) is 0 Å². The lowest BCUT2D eigenvalue weighted by Crippen LogP contribution is -2.30. The Morgan fingerprint density at radius 2 is 1.76 bits per heavy atom. The molecule has 0 saturated heterocycles. The van der Waals surface area contributed by atoms with Crippen LogP contribution in [0.2, 0.25) is 0 Å². The molecule has 21 heavy (non-hydrogen) atoms. The van der Waals surface area contributed by atoms with Crippen LogP contribution in [0.15, 0.2) is 24.3 Å². The van der Waals surface area contributed by atoms with Gasteiger partial charge in [0.05, 0.1) is 11.3 Å². The normalized spacial score (nSPS) is 14.7. The Morgan fingerprint density at radius 3 is 2.29 bits per heavy atom. The van der Waals surface area contributed by atoms with Crippen LogP contribution in [0.1, 0.15) is 22.4 Å². The molecule has 0 atom stereocenters. The van der Waals surface area contributed by atoms with Crippen molar-refractivity contribution in [2.75, 3.05) is 18.0 Å². The minimum absolute atomic E-state index is 0.428. The number of nitrogens with two attached hydrogens (primary N) is 1. The van der Waals surface area contributed by atoms with Gasteiger partial charge >= 0.3 is 0 Å². The van der Waals surface area contributed by atoms with Crippen LogP contribution in [-0.2, 0) is 19.9 Å². The number of thiocarbonyl (C=S) groups is 1. The van der Waals surface area contributed by atoms with E-state index in [1.165, 1.54) is 11.1 Å². The lowest BCUT2D eigenvalue weighted by atomic mass is 10.0. The summed E-state index contributed by atoms with van der Waals surface area (Å²) in [6.07, 6.45) is 2.08. The van der Waals surface area contributed by atoms with Crippen LogP contribution in [0.3, 0.4) is 0 Å². The van der Waals surface area contributed by atoms with E-state index in [9.17, 15) is 0 Å². The highest BCUT2D eigenvalue weighted by atomic mass is 32.1. The first-order chi connectivity index (χ1) is 10.1. The number of nitrogens with zero attached hydrogens (tertiary/aromatic N) is 3. The summed E-state index contributed by atoms with van der Waals surface area (Å²) >= 11 is 5.22. The van der Waals surface area contributed by atoms with Crippen molar-refractivity contribution in [3.05, 3.63) is 46.6 Å². The molecule has 0 radical (unpaired) electrons. The molecule has 1 aliphatic heterocycles. The number of fused-ring (bicyclic) bond motifs is 1. The largest absolute Gasteiger partial charge is 0.389 e. The summed E-state index contributed by atoms with van der Waals surface area (Å²) in [6, 6.07) is 8.68. The Morgan fingerprint density at radius 1 is 1.19 bits per heavy atom. The number of anilines is 1. The van der Waals surface area contributed by atoms with E-state index in [2.05, 4.69) is 34.3 Å². The first-order valence-corrected chi connectivity index (χ1v) is 7.64. The van der Waals surface area contributed by atoms with Gasteiger partial charge in [-0.2, -0.15) is 5.10 Å². The van der Waals surface area contributed by atoms with Crippen molar-refractivity contribution in [2.45, 2.75) is 19.8 Å². The van der Waals surface area contributed by atoms with E-state index in [1.807, 2.05) is 18.7 Å². The Labute approximate surface area is 130 Å². The van der Waals surface area contributed by atoms with Gasteiger partial charge < -0.3 is 10.6 Å². The third-order valence-corrected chi connectivity index (χ3v) is 4.36. The number of aromatic nitrogens is 2. The molecule has 110 valence electrons. The van der Waals surface area contributed by atoms with Crippen molar-refractivity contribution >= 4 is 23.0 Å². The highest BCUT2D eigenvalue weighted by Crippen LogP contribution is 2.26. The number of hydrogen-bond acceptors (Lipinski definition) is 3. The molecule has 0 unspecified atom stereocenters. The van der Waals surface area contributed by atoms with E-state index < -0.39 is 0 Å². The van der Waals surface area contributed by atoms with Crippen LogP contribution >= 0.6 is 12.2 Å². The third-order valence-electron chi connectivity index (χ3n) is 4.16. The molecule has 0 aliphatic carbocycles. The predicted octanol–water partition coefficient (Wildman–Crippen LogP) is 1.97. The molecule has 2 N–H and O–H groups in total. The molecule has 2 aromatic rings. The molecule has 2 heterocycles. The van der Waals surface area contributed by atoms with E-state index in [0.717, 1.165) is 43.0 Å². The van der Waals surface area contributed by atoms with Gasteiger partial charge in [0.15, 0.2) is 0 Å². The summed E-state index contributed by atoms with van der Waals surface area (Å²) in [5.74, 6) is 1.05. The van der Waals surface area contributed by atoms with Crippen molar-refractivity contribution in [3.63, 3.8) is 0 Å². The second kappa shape index (κ2) is 5.48. The maximum Gasteiger partial charge on any atom is 0.137 e. The zero-order valence-electron chi connectivity index (χ0n) is 12.5.